The van der Waals surface area contributed by atoms with Crippen LogP contribution in [0.4, 0.5) is 11.4 Å². The second-order valence-corrected chi connectivity index (χ2v) is 3.04. The van der Waals surface area contributed by atoms with E-state index >= 15 is 0 Å². The number of nitrogens with zero attached hydrogens (tertiary/aromatic N) is 2. The molecule has 0 aliphatic carbocycles. The number of aromatic hydroxyl groups is 1. The van der Waals surface area contributed by atoms with Crippen LogP contribution in [0.5, 0.6) is 5.75 Å². The van der Waals surface area contributed by atoms with Gasteiger partial charge in [0, 0.05) is 13.2 Å². The van der Waals surface area contributed by atoms with Gasteiger partial charge in [0.05, 0.1) is 17.6 Å². The van der Waals surface area contributed by atoms with Crippen molar-refractivity contribution in [1.29, 1.82) is 0 Å². The summed E-state index contributed by atoms with van der Waals surface area (Å²) in [6.45, 7) is 0. The number of benzene rings is 1. The maximum absolute atomic E-state index is 9.49. The SMILES string of the molecule is Cn1cc(Nc2ccccc2O)cn1. The molecule has 0 amide bonds. The summed E-state index contributed by atoms with van der Waals surface area (Å²) in [6.07, 6.45) is 3.54. The van der Waals surface area contributed by atoms with Crippen LogP contribution in [0.15, 0.2) is 36.7 Å². The summed E-state index contributed by atoms with van der Waals surface area (Å²) in [4.78, 5) is 0. The molecule has 4 heteroatoms. The van der Waals surface area contributed by atoms with E-state index < -0.39 is 0 Å². The molecule has 1 aromatic heterocycles. The molecule has 72 valence electrons. The van der Waals surface area contributed by atoms with E-state index in [0.29, 0.717) is 5.69 Å². The minimum absolute atomic E-state index is 0.233. The third-order valence-corrected chi connectivity index (χ3v) is 1.89. The highest BCUT2D eigenvalue weighted by Gasteiger charge is 2.00. The van der Waals surface area contributed by atoms with Crippen LogP contribution < -0.4 is 5.32 Å². The number of hydrogen-bond donors (Lipinski definition) is 2. The van der Waals surface area contributed by atoms with E-state index in [9.17, 15) is 5.11 Å². The topological polar surface area (TPSA) is 50.1 Å². The zero-order valence-corrected chi connectivity index (χ0v) is 7.81. The number of rotatable bonds is 2. The average molecular weight is 189 g/mol. The summed E-state index contributed by atoms with van der Waals surface area (Å²) >= 11 is 0. The maximum Gasteiger partial charge on any atom is 0.139 e. The molecule has 0 aliphatic rings. The van der Waals surface area contributed by atoms with Crippen molar-refractivity contribution in [3.05, 3.63) is 36.7 Å². The summed E-state index contributed by atoms with van der Waals surface area (Å²) in [6, 6.07) is 7.09. The van der Waals surface area contributed by atoms with Gasteiger partial charge in [-0.05, 0) is 12.1 Å². The molecule has 0 fully saturated rings. The Balaban J connectivity index is 2.23. The number of anilines is 2. The van der Waals surface area contributed by atoms with E-state index in [4.69, 9.17) is 0 Å². The highest BCUT2D eigenvalue weighted by Crippen LogP contribution is 2.25. The number of aryl methyl sites for hydroxylation is 1. The predicted molar refractivity (Wildman–Crippen MR) is 54.6 cm³/mol. The molecule has 0 saturated carbocycles. The standard InChI is InChI=1S/C10H11N3O/c1-13-7-8(6-11-13)12-9-4-2-3-5-10(9)14/h2-7,12,14H,1H3. The van der Waals surface area contributed by atoms with E-state index in [1.165, 1.54) is 0 Å². The first-order valence-electron chi connectivity index (χ1n) is 4.29. The van der Waals surface area contributed by atoms with Gasteiger partial charge in [-0.2, -0.15) is 5.10 Å². The number of aromatic nitrogens is 2. The fourth-order valence-corrected chi connectivity index (χ4v) is 1.22. The molecular formula is C10H11N3O. The fourth-order valence-electron chi connectivity index (χ4n) is 1.22. The van der Waals surface area contributed by atoms with Gasteiger partial charge in [-0.1, -0.05) is 12.1 Å². The van der Waals surface area contributed by atoms with Crippen molar-refractivity contribution in [3.63, 3.8) is 0 Å². The lowest BCUT2D eigenvalue weighted by molar-refractivity contribution is 0.478. The Morgan fingerprint density at radius 2 is 2.14 bits per heavy atom. The van der Waals surface area contributed by atoms with Gasteiger partial charge >= 0.3 is 0 Å². The third kappa shape index (κ3) is 1.69. The van der Waals surface area contributed by atoms with Crippen LogP contribution in [-0.4, -0.2) is 14.9 Å². The van der Waals surface area contributed by atoms with Crippen LogP contribution in [-0.2, 0) is 7.05 Å². The monoisotopic (exact) mass is 189 g/mol. The summed E-state index contributed by atoms with van der Waals surface area (Å²) in [5.41, 5.74) is 1.54. The Morgan fingerprint density at radius 1 is 1.36 bits per heavy atom. The lowest BCUT2D eigenvalue weighted by Crippen LogP contribution is -1.88. The van der Waals surface area contributed by atoms with Crippen molar-refractivity contribution in [1.82, 2.24) is 9.78 Å². The van der Waals surface area contributed by atoms with Crippen LogP contribution in [0.3, 0.4) is 0 Å². The van der Waals surface area contributed by atoms with Gasteiger partial charge in [0.2, 0.25) is 0 Å². The van der Waals surface area contributed by atoms with Crippen LogP contribution in [0.1, 0.15) is 0 Å². The molecule has 1 heterocycles. The van der Waals surface area contributed by atoms with Gasteiger partial charge in [0.25, 0.3) is 0 Å². The Bertz CT molecular complexity index is 436. The third-order valence-electron chi connectivity index (χ3n) is 1.89. The summed E-state index contributed by atoms with van der Waals surface area (Å²) < 4.78 is 1.70. The van der Waals surface area contributed by atoms with Gasteiger partial charge in [-0.15, -0.1) is 0 Å². The van der Waals surface area contributed by atoms with Crippen molar-refractivity contribution in [2.24, 2.45) is 7.05 Å². The van der Waals surface area contributed by atoms with Crippen molar-refractivity contribution in [3.8, 4) is 5.75 Å². The molecule has 0 aliphatic heterocycles. The van der Waals surface area contributed by atoms with Crippen LogP contribution >= 0.6 is 0 Å². The number of phenolic OH excluding ortho intramolecular Hbond substituents is 1. The minimum Gasteiger partial charge on any atom is -0.506 e. The molecule has 2 aromatic rings. The number of para-hydroxylation sites is 2. The first-order chi connectivity index (χ1) is 6.75. The quantitative estimate of drug-likeness (QED) is 0.709. The Morgan fingerprint density at radius 3 is 2.79 bits per heavy atom. The van der Waals surface area contributed by atoms with Gasteiger partial charge in [0.1, 0.15) is 5.75 Å². The van der Waals surface area contributed by atoms with Crippen LogP contribution in [0, 0.1) is 0 Å². The Kier molecular flexibility index (Phi) is 2.10. The first kappa shape index (κ1) is 8.62. The van der Waals surface area contributed by atoms with Gasteiger partial charge < -0.3 is 10.4 Å². The van der Waals surface area contributed by atoms with Crippen molar-refractivity contribution < 1.29 is 5.11 Å². The summed E-state index contributed by atoms with van der Waals surface area (Å²) in [7, 11) is 1.84. The maximum atomic E-state index is 9.49. The molecule has 4 nitrogen and oxygen atoms in total. The second kappa shape index (κ2) is 3.41. The van der Waals surface area contributed by atoms with E-state index in [2.05, 4.69) is 10.4 Å². The van der Waals surface area contributed by atoms with Crippen molar-refractivity contribution in [2.45, 2.75) is 0 Å². The largest absolute Gasteiger partial charge is 0.506 e. The summed E-state index contributed by atoms with van der Waals surface area (Å²) in [5.74, 6) is 0.233. The molecule has 1 aromatic carbocycles. The van der Waals surface area contributed by atoms with E-state index in [0.717, 1.165) is 5.69 Å². The van der Waals surface area contributed by atoms with Gasteiger partial charge in [-0.3, -0.25) is 4.68 Å². The van der Waals surface area contributed by atoms with Crippen molar-refractivity contribution in [2.75, 3.05) is 5.32 Å². The van der Waals surface area contributed by atoms with E-state index in [1.54, 1.807) is 23.0 Å². The lowest BCUT2D eigenvalue weighted by Gasteiger charge is -2.04. The molecule has 0 atom stereocenters. The molecule has 2 N–H and O–H groups in total. The van der Waals surface area contributed by atoms with E-state index in [1.807, 2.05) is 25.4 Å². The Hall–Kier alpha value is -1.97. The molecule has 0 radical (unpaired) electrons. The molecule has 0 bridgehead atoms. The fraction of sp³-hybridized carbons (Fsp3) is 0.100. The minimum atomic E-state index is 0.233. The van der Waals surface area contributed by atoms with Gasteiger partial charge in [-0.25, -0.2) is 0 Å². The summed E-state index contributed by atoms with van der Waals surface area (Å²) in [5, 5.41) is 16.6. The normalized spacial score (nSPS) is 10.1. The lowest BCUT2D eigenvalue weighted by atomic mass is 10.3. The van der Waals surface area contributed by atoms with Gasteiger partial charge in [0.15, 0.2) is 0 Å². The number of nitrogens with one attached hydrogen (secondary N) is 1. The number of phenols is 1. The zero-order chi connectivity index (χ0) is 9.97. The van der Waals surface area contributed by atoms with Crippen LogP contribution in [0.25, 0.3) is 0 Å². The number of hydrogen-bond acceptors (Lipinski definition) is 3. The van der Waals surface area contributed by atoms with Crippen LogP contribution in [0.2, 0.25) is 0 Å². The highest BCUT2D eigenvalue weighted by atomic mass is 16.3. The zero-order valence-electron chi connectivity index (χ0n) is 7.81. The second-order valence-electron chi connectivity index (χ2n) is 3.04. The first-order valence-corrected chi connectivity index (χ1v) is 4.29. The molecule has 0 unspecified atom stereocenters. The van der Waals surface area contributed by atoms with E-state index in [-0.39, 0.29) is 5.75 Å². The molecule has 2 rings (SSSR count). The molecular weight excluding hydrogens is 178 g/mol. The molecule has 0 spiro atoms. The smallest absolute Gasteiger partial charge is 0.139 e. The molecule has 14 heavy (non-hydrogen) atoms. The average Bonchev–Trinajstić information content (AvgIpc) is 2.56. The Labute approximate surface area is 81.8 Å². The predicted octanol–water partition coefficient (Wildman–Crippen LogP) is 1.87. The highest BCUT2D eigenvalue weighted by molar-refractivity contribution is 5.64. The molecule has 0 saturated heterocycles. The van der Waals surface area contributed by atoms with Crippen molar-refractivity contribution >= 4 is 11.4 Å².